The maximum atomic E-state index is 11.6. The molecule has 104 valence electrons. The topological polar surface area (TPSA) is 93.5 Å². The molecule has 19 heavy (non-hydrogen) atoms. The molecule has 1 saturated heterocycles. The van der Waals surface area contributed by atoms with Crippen LogP contribution in [0.5, 0.6) is 0 Å². The Kier molecular flexibility index (Phi) is 4.08. The van der Waals surface area contributed by atoms with Crippen molar-refractivity contribution in [2.75, 3.05) is 0 Å². The Morgan fingerprint density at radius 1 is 1.68 bits per heavy atom. The lowest BCUT2D eigenvalue weighted by atomic mass is 10.2. The van der Waals surface area contributed by atoms with Crippen LogP contribution in [0.25, 0.3) is 0 Å². The number of aliphatic hydroxyl groups excluding tert-OH is 1. The van der Waals surface area contributed by atoms with E-state index in [1.54, 1.807) is 0 Å². The van der Waals surface area contributed by atoms with Gasteiger partial charge < -0.3 is 14.6 Å². The lowest BCUT2D eigenvalue weighted by Crippen LogP contribution is -2.33. The third-order valence-electron chi connectivity index (χ3n) is 2.78. The minimum Gasteiger partial charge on any atom is -0.480 e. The molecule has 0 saturated carbocycles. The largest absolute Gasteiger partial charge is 0.480 e. The third-order valence-corrected chi connectivity index (χ3v) is 3.13. The monoisotopic (exact) mass is 288 g/mol. The van der Waals surface area contributed by atoms with Crippen molar-refractivity contribution in [2.24, 2.45) is 0 Å². The second-order valence-electron chi connectivity index (χ2n) is 4.03. The molecule has 7 nitrogen and oxygen atoms in total. The highest BCUT2D eigenvalue weighted by atomic mass is 35.5. The minimum atomic E-state index is -0.907. The van der Waals surface area contributed by atoms with Gasteiger partial charge in [-0.1, -0.05) is 18.2 Å². The third kappa shape index (κ3) is 2.89. The number of aliphatic hydroxyl groups is 1. The number of aromatic amines is 1. The quantitative estimate of drug-likeness (QED) is 0.596. The van der Waals surface area contributed by atoms with E-state index in [1.165, 1.54) is 16.8 Å². The second kappa shape index (κ2) is 5.60. The van der Waals surface area contributed by atoms with Gasteiger partial charge >= 0.3 is 5.69 Å². The molecule has 1 fully saturated rings. The number of alkyl halides is 1. The van der Waals surface area contributed by atoms with Gasteiger partial charge in [-0.3, -0.25) is 14.3 Å². The molecule has 0 spiro atoms. The smallest absolute Gasteiger partial charge is 0.330 e. The normalized spacial score (nSPS) is 28.0. The molecule has 0 amide bonds. The van der Waals surface area contributed by atoms with Gasteiger partial charge in [-0.25, -0.2) is 4.79 Å². The molecular weight excluding hydrogens is 276 g/mol. The van der Waals surface area contributed by atoms with Gasteiger partial charge in [0.2, 0.25) is 0 Å². The van der Waals surface area contributed by atoms with E-state index in [1.807, 2.05) is 0 Å². The fourth-order valence-electron chi connectivity index (χ4n) is 1.91. The van der Waals surface area contributed by atoms with Gasteiger partial charge in [0.1, 0.15) is 12.3 Å². The number of ether oxygens (including phenoxy) is 2. The summed E-state index contributed by atoms with van der Waals surface area (Å²) in [5.41, 5.74) is -2.02. The van der Waals surface area contributed by atoms with E-state index >= 15 is 0 Å². The van der Waals surface area contributed by atoms with Gasteiger partial charge in [0.05, 0.1) is 12.4 Å². The van der Waals surface area contributed by atoms with Crippen LogP contribution in [0.1, 0.15) is 12.6 Å². The van der Waals surface area contributed by atoms with E-state index in [-0.39, 0.29) is 6.42 Å². The number of rotatable bonds is 4. The molecular formula is C11H13ClN2O5. The lowest BCUT2D eigenvalue weighted by Gasteiger charge is -2.19. The van der Waals surface area contributed by atoms with Crippen LogP contribution in [-0.2, 0) is 9.47 Å². The predicted octanol–water partition coefficient (Wildman–Crippen LogP) is -0.0900. The summed E-state index contributed by atoms with van der Waals surface area (Å²) in [6.07, 6.45) is 0.236. The van der Waals surface area contributed by atoms with Gasteiger partial charge in [-0.15, -0.1) is 0 Å². The number of halogens is 1. The molecule has 8 heteroatoms. The van der Waals surface area contributed by atoms with Crippen LogP contribution in [0.15, 0.2) is 34.7 Å². The molecule has 2 heterocycles. The van der Waals surface area contributed by atoms with Crippen molar-refractivity contribution < 1.29 is 14.6 Å². The highest BCUT2D eigenvalue weighted by Crippen LogP contribution is 2.31. The molecule has 4 atom stereocenters. The first-order valence-electron chi connectivity index (χ1n) is 5.58. The van der Waals surface area contributed by atoms with Crippen molar-refractivity contribution in [3.8, 4) is 0 Å². The van der Waals surface area contributed by atoms with Crippen LogP contribution in [0, 0.1) is 0 Å². The van der Waals surface area contributed by atoms with E-state index in [9.17, 15) is 14.7 Å². The lowest BCUT2D eigenvalue weighted by molar-refractivity contribution is -0.0615. The van der Waals surface area contributed by atoms with Crippen molar-refractivity contribution in [3.05, 3.63) is 45.9 Å². The maximum absolute atomic E-state index is 11.6. The Morgan fingerprint density at radius 3 is 3.05 bits per heavy atom. The molecule has 1 aliphatic rings. The predicted molar refractivity (Wildman–Crippen MR) is 66.8 cm³/mol. The standard InChI is InChI=1S/C11H13ClN2O5/c1-2-18-10(12)9-6(15)5-8(19-9)14-4-3-7(16)13-11(14)17/h2-4,6,8-10,15H,1,5H2,(H,13,16,17)/t6-,8+,9-,10?/m0/s1. The average molecular weight is 289 g/mol. The van der Waals surface area contributed by atoms with Crippen molar-refractivity contribution >= 4 is 11.6 Å². The Bertz CT molecular complexity index is 569. The van der Waals surface area contributed by atoms with Crippen LogP contribution >= 0.6 is 11.6 Å². The minimum absolute atomic E-state index is 0.167. The fourth-order valence-corrected chi connectivity index (χ4v) is 2.21. The fraction of sp³-hybridized carbons (Fsp3) is 0.455. The van der Waals surface area contributed by atoms with Gasteiger partial charge in [0.25, 0.3) is 5.56 Å². The molecule has 0 aliphatic carbocycles. The molecule has 0 bridgehead atoms. The van der Waals surface area contributed by atoms with Crippen LogP contribution in [0.2, 0.25) is 0 Å². The SMILES string of the molecule is C=COC(Cl)[C@H]1O[C@@H](n2ccc(=O)[nH]c2=O)C[C@@H]1O. The zero-order valence-electron chi connectivity index (χ0n) is 9.86. The average Bonchev–Trinajstić information content (AvgIpc) is 2.71. The highest BCUT2D eigenvalue weighted by molar-refractivity contribution is 6.20. The van der Waals surface area contributed by atoms with E-state index < -0.39 is 35.2 Å². The molecule has 1 aromatic rings. The molecule has 0 radical (unpaired) electrons. The summed E-state index contributed by atoms with van der Waals surface area (Å²) in [4.78, 5) is 24.7. The molecule has 1 aromatic heterocycles. The van der Waals surface area contributed by atoms with Gasteiger partial charge in [-0.05, 0) is 0 Å². The summed E-state index contributed by atoms with van der Waals surface area (Å²) < 4.78 is 11.6. The number of hydrogen-bond acceptors (Lipinski definition) is 5. The van der Waals surface area contributed by atoms with Crippen molar-refractivity contribution in [3.63, 3.8) is 0 Å². The Labute approximate surface area is 113 Å². The summed E-state index contributed by atoms with van der Waals surface area (Å²) in [6.45, 7) is 3.36. The summed E-state index contributed by atoms with van der Waals surface area (Å²) in [6, 6.07) is 1.20. The number of hydrogen-bond donors (Lipinski definition) is 2. The zero-order valence-corrected chi connectivity index (χ0v) is 10.6. The first-order chi connectivity index (χ1) is 9.02. The van der Waals surface area contributed by atoms with Crippen molar-refractivity contribution in [1.29, 1.82) is 0 Å². The van der Waals surface area contributed by atoms with E-state index in [2.05, 4.69) is 11.6 Å². The van der Waals surface area contributed by atoms with E-state index in [4.69, 9.17) is 21.1 Å². The molecule has 2 rings (SSSR count). The number of aromatic nitrogens is 2. The zero-order chi connectivity index (χ0) is 14.0. The Morgan fingerprint density at radius 2 is 2.42 bits per heavy atom. The maximum Gasteiger partial charge on any atom is 0.330 e. The van der Waals surface area contributed by atoms with E-state index in [0.717, 1.165) is 6.26 Å². The second-order valence-corrected chi connectivity index (χ2v) is 4.46. The molecule has 1 unspecified atom stereocenters. The van der Waals surface area contributed by atoms with Crippen molar-refractivity contribution in [1.82, 2.24) is 9.55 Å². The number of H-pyrrole nitrogens is 1. The molecule has 1 aliphatic heterocycles. The summed E-state index contributed by atoms with van der Waals surface area (Å²) in [7, 11) is 0. The first kappa shape index (κ1) is 13.9. The van der Waals surface area contributed by atoms with Crippen LogP contribution < -0.4 is 11.2 Å². The molecule has 0 aromatic carbocycles. The number of nitrogens with one attached hydrogen (secondary N) is 1. The van der Waals surface area contributed by atoms with Gasteiger partial charge in [0.15, 0.2) is 5.56 Å². The van der Waals surface area contributed by atoms with E-state index in [0.29, 0.717) is 0 Å². The first-order valence-corrected chi connectivity index (χ1v) is 6.02. The molecule has 2 N–H and O–H groups in total. The Hall–Kier alpha value is -1.57. The van der Waals surface area contributed by atoms with Crippen LogP contribution in [-0.4, -0.2) is 32.4 Å². The summed E-state index contributed by atoms with van der Waals surface area (Å²) in [5, 5.41) is 9.85. The van der Waals surface area contributed by atoms with Crippen molar-refractivity contribution in [2.45, 2.75) is 30.4 Å². The summed E-state index contributed by atoms with van der Waals surface area (Å²) in [5.74, 6) is 0. The summed E-state index contributed by atoms with van der Waals surface area (Å²) >= 11 is 5.88. The number of nitrogens with zero attached hydrogens (tertiary/aromatic N) is 1. The van der Waals surface area contributed by atoms with Gasteiger partial charge in [0, 0.05) is 18.7 Å². The Balaban J connectivity index is 2.18. The highest BCUT2D eigenvalue weighted by Gasteiger charge is 2.40. The van der Waals surface area contributed by atoms with Crippen LogP contribution in [0.4, 0.5) is 0 Å². The van der Waals surface area contributed by atoms with Crippen LogP contribution in [0.3, 0.4) is 0 Å². The van der Waals surface area contributed by atoms with Gasteiger partial charge in [-0.2, -0.15) is 0 Å².